The molecule has 1 aromatic heterocycles. The van der Waals surface area contributed by atoms with Gasteiger partial charge in [-0.25, -0.2) is 4.79 Å². The minimum Gasteiger partial charge on any atom is -0.369 e. The lowest BCUT2D eigenvalue weighted by molar-refractivity contribution is -0.123. The maximum atomic E-state index is 12.5. The number of H-pyrrole nitrogens is 1. The number of amides is 3. The Morgan fingerprint density at radius 1 is 1.38 bits per heavy atom. The van der Waals surface area contributed by atoms with Crippen LogP contribution in [0, 0.1) is 12.8 Å². The molecule has 0 aliphatic carbocycles. The number of carbonyl (C=O) groups is 2. The molecule has 1 atom stereocenters. The third-order valence-electron chi connectivity index (χ3n) is 4.39. The largest absolute Gasteiger partial charge is 0.369 e. The minimum atomic E-state index is -0.397. The number of urea groups is 1. The number of benzene rings is 1. The molecule has 126 valence electrons. The van der Waals surface area contributed by atoms with Crippen LogP contribution in [0.3, 0.4) is 0 Å². The van der Waals surface area contributed by atoms with Crippen molar-refractivity contribution in [1.82, 2.24) is 9.88 Å². The number of aromatic nitrogens is 1. The third-order valence-corrected chi connectivity index (χ3v) is 4.39. The zero-order valence-corrected chi connectivity index (χ0v) is 13.5. The Hall–Kier alpha value is -2.83. The van der Waals surface area contributed by atoms with E-state index < -0.39 is 11.9 Å². The lowest BCUT2D eigenvalue weighted by Crippen LogP contribution is -2.46. The highest BCUT2D eigenvalue weighted by Crippen LogP contribution is 2.17. The summed E-state index contributed by atoms with van der Waals surface area (Å²) in [6.45, 7) is 2.73. The summed E-state index contributed by atoms with van der Waals surface area (Å²) < 4.78 is 0. The zero-order chi connectivity index (χ0) is 17.3. The second kappa shape index (κ2) is 6.35. The Balaban J connectivity index is 1.82. The van der Waals surface area contributed by atoms with Crippen LogP contribution in [0.2, 0.25) is 0 Å². The number of nitrogens with zero attached hydrogens (tertiary/aromatic N) is 1. The van der Waals surface area contributed by atoms with Crippen molar-refractivity contribution in [2.75, 3.05) is 18.4 Å². The standard InChI is InChI=1S/C17H20N4O3/c1-10-4-5-13-12(7-10)15(22)14(8-19-13)20-17(24)21-6-2-3-11(9-21)16(18)23/h4-5,7-8,11H,2-3,6,9H2,1H3,(H2,18,23)(H,19,22)(H,20,24). The van der Waals surface area contributed by atoms with Crippen molar-refractivity contribution in [3.05, 3.63) is 40.2 Å². The minimum absolute atomic E-state index is 0.194. The molecule has 2 aromatic rings. The summed E-state index contributed by atoms with van der Waals surface area (Å²) >= 11 is 0. The summed E-state index contributed by atoms with van der Waals surface area (Å²) in [6, 6.07) is 5.14. The van der Waals surface area contributed by atoms with E-state index in [4.69, 9.17) is 5.73 Å². The molecular weight excluding hydrogens is 308 g/mol. The summed E-state index contributed by atoms with van der Waals surface area (Å²) in [4.78, 5) is 40.8. The summed E-state index contributed by atoms with van der Waals surface area (Å²) in [5.41, 5.74) is 6.98. The molecule has 1 fully saturated rings. The molecule has 1 aliphatic rings. The number of anilines is 1. The van der Waals surface area contributed by atoms with Gasteiger partial charge in [-0.15, -0.1) is 0 Å². The van der Waals surface area contributed by atoms with Gasteiger partial charge in [0.15, 0.2) is 0 Å². The van der Waals surface area contributed by atoms with Crippen LogP contribution < -0.4 is 16.5 Å². The number of carbonyl (C=O) groups excluding carboxylic acids is 2. The van der Waals surface area contributed by atoms with E-state index in [2.05, 4.69) is 10.3 Å². The number of piperidine rings is 1. The number of hydrogen-bond acceptors (Lipinski definition) is 3. The predicted octanol–water partition coefficient (Wildman–Crippen LogP) is 1.57. The van der Waals surface area contributed by atoms with Crippen molar-refractivity contribution in [3.63, 3.8) is 0 Å². The van der Waals surface area contributed by atoms with Gasteiger partial charge in [-0.1, -0.05) is 11.6 Å². The number of rotatable bonds is 2. The molecule has 1 aliphatic heterocycles. The van der Waals surface area contributed by atoms with E-state index in [1.807, 2.05) is 19.1 Å². The SMILES string of the molecule is Cc1ccc2[nH]cc(NC(=O)N3CCCC(C(N)=O)C3)c(=O)c2c1. The van der Waals surface area contributed by atoms with E-state index >= 15 is 0 Å². The maximum Gasteiger partial charge on any atom is 0.322 e. The molecule has 7 nitrogen and oxygen atoms in total. The number of nitrogens with one attached hydrogen (secondary N) is 2. The molecule has 0 bridgehead atoms. The molecule has 0 spiro atoms. The van der Waals surface area contributed by atoms with Crippen LogP contribution in [0.15, 0.2) is 29.2 Å². The van der Waals surface area contributed by atoms with Gasteiger partial charge in [-0.05, 0) is 31.9 Å². The number of nitrogens with two attached hydrogens (primary N) is 1. The van der Waals surface area contributed by atoms with Gasteiger partial charge in [0.2, 0.25) is 11.3 Å². The maximum absolute atomic E-state index is 12.5. The molecule has 0 saturated carbocycles. The zero-order valence-electron chi connectivity index (χ0n) is 13.5. The number of fused-ring (bicyclic) bond motifs is 1. The molecular formula is C17H20N4O3. The van der Waals surface area contributed by atoms with Gasteiger partial charge >= 0.3 is 6.03 Å². The summed E-state index contributed by atoms with van der Waals surface area (Å²) in [5.74, 6) is -0.728. The highest BCUT2D eigenvalue weighted by atomic mass is 16.2. The van der Waals surface area contributed by atoms with E-state index in [0.29, 0.717) is 24.8 Å². The number of aromatic amines is 1. The molecule has 3 rings (SSSR count). The van der Waals surface area contributed by atoms with E-state index in [9.17, 15) is 14.4 Å². The normalized spacial score (nSPS) is 17.7. The van der Waals surface area contributed by atoms with Crippen LogP contribution in [0.25, 0.3) is 10.9 Å². The first-order valence-corrected chi connectivity index (χ1v) is 7.93. The molecule has 1 saturated heterocycles. The van der Waals surface area contributed by atoms with Crippen molar-refractivity contribution < 1.29 is 9.59 Å². The van der Waals surface area contributed by atoms with Gasteiger partial charge in [0.25, 0.3) is 0 Å². The Morgan fingerprint density at radius 3 is 2.92 bits per heavy atom. The Bertz CT molecular complexity index is 859. The molecule has 0 radical (unpaired) electrons. The molecule has 7 heteroatoms. The van der Waals surface area contributed by atoms with Crippen LogP contribution in [0.5, 0.6) is 0 Å². The molecule has 1 aromatic carbocycles. The molecule has 2 heterocycles. The van der Waals surface area contributed by atoms with Gasteiger partial charge < -0.3 is 20.9 Å². The Morgan fingerprint density at radius 2 is 2.17 bits per heavy atom. The summed E-state index contributed by atoms with van der Waals surface area (Å²) in [6.07, 6.45) is 2.90. The molecule has 4 N–H and O–H groups in total. The fourth-order valence-corrected chi connectivity index (χ4v) is 3.01. The highest BCUT2D eigenvalue weighted by molar-refractivity contribution is 5.92. The number of hydrogen-bond donors (Lipinski definition) is 3. The van der Waals surface area contributed by atoms with Crippen LogP contribution in [-0.2, 0) is 4.79 Å². The number of pyridine rings is 1. The Kier molecular flexibility index (Phi) is 4.24. The monoisotopic (exact) mass is 328 g/mol. The van der Waals surface area contributed by atoms with E-state index in [-0.39, 0.29) is 23.6 Å². The second-order valence-corrected chi connectivity index (χ2v) is 6.20. The van der Waals surface area contributed by atoms with Crippen molar-refractivity contribution in [2.24, 2.45) is 11.7 Å². The highest BCUT2D eigenvalue weighted by Gasteiger charge is 2.27. The van der Waals surface area contributed by atoms with E-state index in [1.165, 1.54) is 11.1 Å². The smallest absolute Gasteiger partial charge is 0.322 e. The number of likely N-dealkylation sites (tertiary alicyclic amines) is 1. The first-order valence-electron chi connectivity index (χ1n) is 7.93. The first-order chi connectivity index (χ1) is 11.5. The molecule has 3 amide bonds. The van der Waals surface area contributed by atoms with Gasteiger partial charge in [-0.2, -0.15) is 0 Å². The fraction of sp³-hybridized carbons (Fsp3) is 0.353. The first kappa shape index (κ1) is 16.0. The summed E-state index contributed by atoms with van der Waals surface area (Å²) in [7, 11) is 0. The van der Waals surface area contributed by atoms with Crippen LogP contribution in [0.1, 0.15) is 18.4 Å². The number of aryl methyl sites for hydroxylation is 1. The van der Waals surface area contributed by atoms with E-state index in [1.54, 1.807) is 6.07 Å². The number of primary amides is 1. The van der Waals surface area contributed by atoms with Gasteiger partial charge in [-0.3, -0.25) is 9.59 Å². The van der Waals surface area contributed by atoms with Crippen molar-refractivity contribution >= 4 is 28.5 Å². The van der Waals surface area contributed by atoms with Gasteiger partial charge in [0.05, 0.1) is 5.92 Å². The third kappa shape index (κ3) is 3.10. The summed E-state index contributed by atoms with van der Waals surface area (Å²) in [5, 5.41) is 3.17. The van der Waals surface area contributed by atoms with Crippen LogP contribution in [-0.4, -0.2) is 34.9 Å². The van der Waals surface area contributed by atoms with Crippen LogP contribution in [0.4, 0.5) is 10.5 Å². The topological polar surface area (TPSA) is 108 Å². The fourth-order valence-electron chi connectivity index (χ4n) is 3.01. The molecule has 1 unspecified atom stereocenters. The predicted molar refractivity (Wildman–Crippen MR) is 91.8 cm³/mol. The lowest BCUT2D eigenvalue weighted by Gasteiger charge is -2.31. The Labute approximate surface area is 138 Å². The lowest BCUT2D eigenvalue weighted by atomic mass is 9.98. The van der Waals surface area contributed by atoms with Crippen molar-refractivity contribution in [1.29, 1.82) is 0 Å². The average molecular weight is 328 g/mol. The van der Waals surface area contributed by atoms with Crippen molar-refractivity contribution in [3.8, 4) is 0 Å². The van der Waals surface area contributed by atoms with Crippen LogP contribution >= 0.6 is 0 Å². The second-order valence-electron chi connectivity index (χ2n) is 6.20. The van der Waals surface area contributed by atoms with Gasteiger partial charge in [0, 0.05) is 30.2 Å². The van der Waals surface area contributed by atoms with E-state index in [0.717, 1.165) is 11.1 Å². The van der Waals surface area contributed by atoms with Gasteiger partial charge in [0.1, 0.15) is 5.69 Å². The quantitative estimate of drug-likeness (QED) is 0.778. The van der Waals surface area contributed by atoms with Crippen molar-refractivity contribution in [2.45, 2.75) is 19.8 Å². The average Bonchev–Trinajstić information content (AvgIpc) is 2.58. The molecule has 24 heavy (non-hydrogen) atoms.